The first kappa shape index (κ1) is 13.6. The van der Waals surface area contributed by atoms with Gasteiger partial charge >= 0.3 is 6.18 Å². The molecule has 0 heterocycles. The molecule has 0 aliphatic rings. The van der Waals surface area contributed by atoms with Gasteiger partial charge in [0.25, 0.3) is 0 Å². The second-order valence-corrected chi connectivity index (χ2v) is 3.52. The van der Waals surface area contributed by atoms with Crippen molar-refractivity contribution in [1.29, 1.82) is 0 Å². The second-order valence-electron chi connectivity index (χ2n) is 3.52. The van der Waals surface area contributed by atoms with E-state index >= 15 is 0 Å². The van der Waals surface area contributed by atoms with Crippen LogP contribution in [-0.4, -0.2) is 12.0 Å². The number of rotatable bonds is 4. The van der Waals surface area contributed by atoms with Crippen molar-refractivity contribution >= 4 is 5.78 Å². The molecule has 0 saturated carbocycles. The van der Waals surface area contributed by atoms with Gasteiger partial charge in [0.1, 0.15) is 11.6 Å². The van der Waals surface area contributed by atoms with Gasteiger partial charge in [0.15, 0.2) is 5.78 Å². The van der Waals surface area contributed by atoms with E-state index in [1.54, 1.807) is 0 Å². The molecule has 1 aromatic carbocycles. The third-order valence-electron chi connectivity index (χ3n) is 2.09. The summed E-state index contributed by atoms with van der Waals surface area (Å²) in [6.45, 7) is 0. The molecule has 0 aliphatic heterocycles. The third-order valence-corrected chi connectivity index (χ3v) is 2.09. The Balaban J connectivity index is 2.61. The Kier molecular flexibility index (Phi) is 4.20. The van der Waals surface area contributed by atoms with E-state index < -0.39 is 48.4 Å². The molecule has 17 heavy (non-hydrogen) atoms. The van der Waals surface area contributed by atoms with Crippen molar-refractivity contribution in [1.82, 2.24) is 0 Å². The van der Waals surface area contributed by atoms with Gasteiger partial charge in [-0.1, -0.05) is 0 Å². The Morgan fingerprint density at radius 3 is 2.41 bits per heavy atom. The van der Waals surface area contributed by atoms with E-state index in [1.807, 2.05) is 0 Å². The summed E-state index contributed by atoms with van der Waals surface area (Å²) in [6, 6.07) is 2.29. The van der Waals surface area contributed by atoms with Gasteiger partial charge < -0.3 is 0 Å². The number of Topliss-reactive ketones (excluding diaryl/α,β-unsaturated/α-hetero) is 1. The van der Waals surface area contributed by atoms with Crippen LogP contribution in [0.15, 0.2) is 18.2 Å². The number of carbonyl (C=O) groups is 1. The first-order valence-electron chi connectivity index (χ1n) is 4.84. The zero-order valence-corrected chi connectivity index (χ0v) is 8.65. The quantitative estimate of drug-likeness (QED) is 0.587. The normalized spacial score (nSPS) is 11.6. The van der Waals surface area contributed by atoms with Crippen LogP contribution < -0.4 is 0 Å². The lowest BCUT2D eigenvalue weighted by Gasteiger charge is -2.06. The van der Waals surface area contributed by atoms with Crippen molar-refractivity contribution in [2.24, 2.45) is 0 Å². The molecule has 6 heteroatoms. The summed E-state index contributed by atoms with van der Waals surface area (Å²) in [5.41, 5.74) is -0.507. The van der Waals surface area contributed by atoms with Gasteiger partial charge in [-0.05, 0) is 24.6 Å². The maximum Gasteiger partial charge on any atom is 0.389 e. The molecule has 0 saturated heterocycles. The highest BCUT2D eigenvalue weighted by Crippen LogP contribution is 2.23. The van der Waals surface area contributed by atoms with Crippen LogP contribution in [0.4, 0.5) is 22.0 Å². The Hall–Kier alpha value is -1.46. The van der Waals surface area contributed by atoms with E-state index in [0.717, 1.165) is 12.1 Å². The molecule has 0 N–H and O–H groups in total. The van der Waals surface area contributed by atoms with Crippen LogP contribution in [0, 0.1) is 11.6 Å². The number of ketones is 1. The molecule has 0 bridgehead atoms. The van der Waals surface area contributed by atoms with Gasteiger partial charge in [-0.3, -0.25) is 4.79 Å². The lowest BCUT2D eigenvalue weighted by Crippen LogP contribution is -2.09. The molecule has 0 spiro atoms. The minimum absolute atomic E-state index is 0.432. The fourth-order valence-corrected chi connectivity index (χ4v) is 1.30. The summed E-state index contributed by atoms with van der Waals surface area (Å²) in [4.78, 5) is 11.3. The van der Waals surface area contributed by atoms with Gasteiger partial charge in [0.05, 0.1) is 5.56 Å². The van der Waals surface area contributed by atoms with Crippen LogP contribution >= 0.6 is 0 Å². The third kappa shape index (κ3) is 4.50. The molecule has 0 fully saturated rings. The highest BCUT2D eigenvalue weighted by atomic mass is 19.4. The van der Waals surface area contributed by atoms with E-state index in [1.165, 1.54) is 0 Å². The van der Waals surface area contributed by atoms with Crippen molar-refractivity contribution in [3.05, 3.63) is 35.4 Å². The molecule has 0 unspecified atom stereocenters. The van der Waals surface area contributed by atoms with E-state index in [9.17, 15) is 26.7 Å². The smallest absolute Gasteiger partial charge is 0.294 e. The highest BCUT2D eigenvalue weighted by molar-refractivity contribution is 5.96. The van der Waals surface area contributed by atoms with Crippen molar-refractivity contribution < 1.29 is 26.7 Å². The molecular weight excluding hydrogens is 243 g/mol. The van der Waals surface area contributed by atoms with Gasteiger partial charge in [-0.15, -0.1) is 0 Å². The SMILES string of the molecule is O=C(CCCC(F)(F)F)c1cc(F)ccc1F. The molecule has 0 amide bonds. The van der Waals surface area contributed by atoms with Crippen molar-refractivity contribution in [2.75, 3.05) is 0 Å². The summed E-state index contributed by atoms with van der Waals surface area (Å²) in [5, 5.41) is 0. The molecule has 1 rings (SSSR count). The largest absolute Gasteiger partial charge is 0.389 e. The van der Waals surface area contributed by atoms with E-state index in [4.69, 9.17) is 0 Å². The predicted octanol–water partition coefficient (Wildman–Crippen LogP) is 3.88. The van der Waals surface area contributed by atoms with Crippen LogP contribution in [0.5, 0.6) is 0 Å². The molecule has 94 valence electrons. The first-order chi connectivity index (χ1) is 7.79. The number of halogens is 5. The summed E-state index contributed by atoms with van der Waals surface area (Å²) in [5.74, 6) is -2.56. The van der Waals surface area contributed by atoms with Gasteiger partial charge in [-0.25, -0.2) is 8.78 Å². The summed E-state index contributed by atoms with van der Waals surface area (Å²) in [7, 11) is 0. The number of carbonyl (C=O) groups excluding carboxylic acids is 1. The topological polar surface area (TPSA) is 17.1 Å². The van der Waals surface area contributed by atoms with Crippen LogP contribution in [0.3, 0.4) is 0 Å². The summed E-state index contributed by atoms with van der Waals surface area (Å²) < 4.78 is 61.2. The average molecular weight is 252 g/mol. The summed E-state index contributed by atoms with van der Waals surface area (Å²) >= 11 is 0. The molecule has 1 aromatic rings. The zero-order valence-electron chi connectivity index (χ0n) is 8.65. The molecule has 0 radical (unpaired) electrons. The van der Waals surface area contributed by atoms with Crippen LogP contribution in [-0.2, 0) is 0 Å². The Bertz CT molecular complexity index is 411. The minimum atomic E-state index is -4.35. The van der Waals surface area contributed by atoms with Gasteiger partial charge in [-0.2, -0.15) is 13.2 Å². The Morgan fingerprint density at radius 2 is 1.82 bits per heavy atom. The molecule has 0 aromatic heterocycles. The second kappa shape index (κ2) is 5.25. The molecular formula is C11H9F5O. The summed E-state index contributed by atoms with van der Waals surface area (Å²) in [6.07, 6.45) is -6.35. The molecule has 0 aliphatic carbocycles. The monoisotopic (exact) mass is 252 g/mol. The van der Waals surface area contributed by atoms with Crippen molar-refractivity contribution in [3.63, 3.8) is 0 Å². The highest BCUT2D eigenvalue weighted by Gasteiger charge is 2.26. The van der Waals surface area contributed by atoms with E-state index in [0.29, 0.717) is 6.07 Å². The standard InChI is InChI=1S/C11H9F5O/c12-7-3-4-9(13)8(6-7)10(17)2-1-5-11(14,15)16/h3-4,6H,1-2,5H2. The van der Waals surface area contributed by atoms with Crippen LogP contribution in [0.2, 0.25) is 0 Å². The van der Waals surface area contributed by atoms with E-state index in [-0.39, 0.29) is 0 Å². The van der Waals surface area contributed by atoms with Crippen molar-refractivity contribution in [2.45, 2.75) is 25.4 Å². The number of hydrogen-bond acceptors (Lipinski definition) is 1. The molecule has 0 atom stereocenters. The van der Waals surface area contributed by atoms with Crippen LogP contribution in [0.25, 0.3) is 0 Å². The fourth-order valence-electron chi connectivity index (χ4n) is 1.30. The Labute approximate surface area is 94.2 Å². The van der Waals surface area contributed by atoms with E-state index in [2.05, 4.69) is 0 Å². The van der Waals surface area contributed by atoms with Crippen molar-refractivity contribution in [3.8, 4) is 0 Å². The fraction of sp³-hybridized carbons (Fsp3) is 0.364. The predicted molar refractivity (Wildman–Crippen MR) is 50.6 cm³/mol. The lowest BCUT2D eigenvalue weighted by atomic mass is 10.0. The average Bonchev–Trinajstić information content (AvgIpc) is 2.19. The van der Waals surface area contributed by atoms with Crippen LogP contribution in [0.1, 0.15) is 29.6 Å². The number of benzene rings is 1. The maximum atomic E-state index is 13.1. The number of alkyl halides is 3. The first-order valence-corrected chi connectivity index (χ1v) is 4.84. The maximum absolute atomic E-state index is 13.1. The zero-order chi connectivity index (χ0) is 13.1. The molecule has 1 nitrogen and oxygen atoms in total. The Morgan fingerprint density at radius 1 is 1.18 bits per heavy atom. The van der Waals surface area contributed by atoms with Gasteiger partial charge in [0, 0.05) is 12.8 Å². The number of hydrogen-bond donors (Lipinski definition) is 0. The van der Waals surface area contributed by atoms with Gasteiger partial charge in [0.2, 0.25) is 0 Å². The minimum Gasteiger partial charge on any atom is -0.294 e. The lowest BCUT2D eigenvalue weighted by molar-refractivity contribution is -0.135.